The Labute approximate surface area is 125 Å². The molecule has 0 saturated carbocycles. The molecule has 0 fully saturated rings. The Kier molecular flexibility index (Phi) is 3.20. The Hall–Kier alpha value is -1.91. The van der Waals surface area contributed by atoms with Crippen LogP contribution < -0.4 is 10.5 Å². The van der Waals surface area contributed by atoms with Gasteiger partial charge in [0.2, 0.25) is 5.95 Å². The van der Waals surface area contributed by atoms with Crippen molar-refractivity contribution in [2.75, 3.05) is 12.8 Å². The minimum atomic E-state index is 0.367. The van der Waals surface area contributed by atoms with Crippen molar-refractivity contribution >= 4 is 40.2 Å². The highest BCUT2D eigenvalue weighted by Crippen LogP contribution is 2.31. The number of ether oxygens (including phenoxy) is 1. The zero-order chi connectivity index (χ0) is 14.3. The number of fused-ring (bicyclic) bond motifs is 1. The number of hydrogen-bond donors (Lipinski definition) is 1. The summed E-state index contributed by atoms with van der Waals surface area (Å²) in [5.74, 6) is 1.11. The molecule has 1 heterocycles. The van der Waals surface area contributed by atoms with Gasteiger partial charge < -0.3 is 10.5 Å². The van der Waals surface area contributed by atoms with Gasteiger partial charge in [0.05, 0.1) is 33.9 Å². The summed E-state index contributed by atoms with van der Waals surface area (Å²) in [4.78, 5) is 4.30. The monoisotopic (exact) mass is 307 g/mol. The number of nitrogen functional groups attached to an aromatic ring is 1. The van der Waals surface area contributed by atoms with Gasteiger partial charge in [0.1, 0.15) is 5.75 Å². The molecular weight excluding hydrogens is 297 g/mol. The lowest BCUT2D eigenvalue weighted by atomic mass is 10.2. The first-order chi connectivity index (χ1) is 9.60. The molecule has 20 heavy (non-hydrogen) atoms. The van der Waals surface area contributed by atoms with Crippen LogP contribution in [-0.2, 0) is 0 Å². The molecule has 102 valence electrons. The average Bonchev–Trinajstić information content (AvgIpc) is 2.74. The molecule has 4 nitrogen and oxygen atoms in total. The van der Waals surface area contributed by atoms with Crippen LogP contribution in [0.4, 0.5) is 5.95 Å². The zero-order valence-corrected chi connectivity index (χ0v) is 12.1. The smallest absolute Gasteiger partial charge is 0.205 e. The predicted octanol–water partition coefficient (Wildman–Crippen LogP) is 3.92. The SMILES string of the molecule is COc1cccc(-n2c(N)nc3cc(Cl)c(Cl)cc32)c1. The van der Waals surface area contributed by atoms with Crippen molar-refractivity contribution in [3.05, 3.63) is 46.4 Å². The lowest BCUT2D eigenvalue weighted by Crippen LogP contribution is -2.00. The summed E-state index contributed by atoms with van der Waals surface area (Å²) in [5.41, 5.74) is 8.34. The molecule has 0 radical (unpaired) electrons. The van der Waals surface area contributed by atoms with E-state index in [4.69, 9.17) is 33.7 Å². The van der Waals surface area contributed by atoms with Crippen molar-refractivity contribution in [2.45, 2.75) is 0 Å². The molecule has 1 aromatic heterocycles. The summed E-state index contributed by atoms with van der Waals surface area (Å²) < 4.78 is 7.03. The number of rotatable bonds is 2. The minimum Gasteiger partial charge on any atom is -0.497 e. The number of nitrogens with zero attached hydrogens (tertiary/aromatic N) is 2. The maximum atomic E-state index is 6.08. The molecule has 0 unspecified atom stereocenters. The molecule has 2 N–H and O–H groups in total. The fourth-order valence-electron chi connectivity index (χ4n) is 2.11. The summed E-state index contributed by atoms with van der Waals surface area (Å²) in [7, 11) is 1.62. The second-order valence-electron chi connectivity index (χ2n) is 4.26. The van der Waals surface area contributed by atoms with E-state index >= 15 is 0 Å². The van der Waals surface area contributed by atoms with Crippen molar-refractivity contribution in [3.63, 3.8) is 0 Å². The Morgan fingerprint density at radius 3 is 2.65 bits per heavy atom. The van der Waals surface area contributed by atoms with E-state index in [1.807, 2.05) is 24.3 Å². The number of imidazole rings is 1. The standard InChI is InChI=1S/C14H11Cl2N3O/c1-20-9-4-2-3-8(5-9)19-13-7-11(16)10(15)6-12(13)18-14(19)17/h2-7H,1H3,(H2,17,18). The van der Waals surface area contributed by atoms with Crippen LogP contribution in [0.5, 0.6) is 5.75 Å². The van der Waals surface area contributed by atoms with Crippen molar-refractivity contribution in [2.24, 2.45) is 0 Å². The van der Waals surface area contributed by atoms with Crippen LogP contribution in [0.2, 0.25) is 10.0 Å². The first-order valence-electron chi connectivity index (χ1n) is 5.87. The second-order valence-corrected chi connectivity index (χ2v) is 5.08. The minimum absolute atomic E-state index is 0.367. The van der Waals surface area contributed by atoms with Gasteiger partial charge in [-0.3, -0.25) is 4.57 Å². The average molecular weight is 308 g/mol. The number of nitrogens with two attached hydrogens (primary N) is 1. The van der Waals surface area contributed by atoms with Crippen LogP contribution >= 0.6 is 23.2 Å². The van der Waals surface area contributed by atoms with Gasteiger partial charge in [0.25, 0.3) is 0 Å². The van der Waals surface area contributed by atoms with E-state index < -0.39 is 0 Å². The lowest BCUT2D eigenvalue weighted by Gasteiger charge is -2.08. The maximum absolute atomic E-state index is 6.08. The van der Waals surface area contributed by atoms with Crippen LogP contribution in [0, 0.1) is 0 Å². The molecule has 0 saturated heterocycles. The van der Waals surface area contributed by atoms with Gasteiger partial charge in [-0.2, -0.15) is 0 Å². The molecule has 0 aliphatic rings. The molecule has 3 rings (SSSR count). The first-order valence-corrected chi connectivity index (χ1v) is 6.63. The predicted molar refractivity (Wildman–Crippen MR) is 82.1 cm³/mol. The summed E-state index contributed by atoms with van der Waals surface area (Å²) in [6.07, 6.45) is 0. The molecule has 0 atom stereocenters. The van der Waals surface area contributed by atoms with E-state index in [0.717, 1.165) is 17.0 Å². The van der Waals surface area contributed by atoms with Gasteiger partial charge >= 0.3 is 0 Å². The Balaban J connectivity index is 2.29. The molecule has 0 amide bonds. The van der Waals surface area contributed by atoms with Crippen molar-refractivity contribution in [3.8, 4) is 11.4 Å². The highest BCUT2D eigenvalue weighted by Gasteiger charge is 2.13. The molecule has 0 aliphatic carbocycles. The highest BCUT2D eigenvalue weighted by molar-refractivity contribution is 6.42. The third-order valence-corrected chi connectivity index (χ3v) is 3.76. The number of hydrogen-bond acceptors (Lipinski definition) is 3. The highest BCUT2D eigenvalue weighted by atomic mass is 35.5. The number of halogens is 2. The van der Waals surface area contributed by atoms with E-state index in [-0.39, 0.29) is 0 Å². The van der Waals surface area contributed by atoms with Crippen LogP contribution in [-0.4, -0.2) is 16.7 Å². The van der Waals surface area contributed by atoms with Crippen LogP contribution in [0.25, 0.3) is 16.7 Å². The van der Waals surface area contributed by atoms with E-state index in [1.165, 1.54) is 0 Å². The van der Waals surface area contributed by atoms with Gasteiger partial charge in [0, 0.05) is 6.07 Å². The Bertz CT molecular complexity index is 798. The summed E-state index contributed by atoms with van der Waals surface area (Å²) >= 11 is 12.1. The van der Waals surface area contributed by atoms with Crippen molar-refractivity contribution in [1.29, 1.82) is 0 Å². The van der Waals surface area contributed by atoms with Gasteiger partial charge in [-0.1, -0.05) is 29.3 Å². The molecule has 0 bridgehead atoms. The van der Waals surface area contributed by atoms with Crippen LogP contribution in [0.3, 0.4) is 0 Å². The largest absolute Gasteiger partial charge is 0.497 e. The number of methoxy groups -OCH3 is 1. The van der Waals surface area contributed by atoms with Gasteiger partial charge in [-0.15, -0.1) is 0 Å². The fraction of sp³-hybridized carbons (Fsp3) is 0.0714. The van der Waals surface area contributed by atoms with Gasteiger partial charge in [-0.05, 0) is 24.3 Å². The zero-order valence-electron chi connectivity index (χ0n) is 10.6. The van der Waals surface area contributed by atoms with Crippen LogP contribution in [0.1, 0.15) is 0 Å². The molecule has 3 aromatic rings. The third-order valence-electron chi connectivity index (χ3n) is 3.03. The normalized spacial score (nSPS) is 10.9. The molecular formula is C14H11Cl2N3O. The number of aromatic nitrogens is 2. The molecule has 0 aliphatic heterocycles. The molecule has 6 heteroatoms. The van der Waals surface area contributed by atoms with Gasteiger partial charge in [0.15, 0.2) is 0 Å². The van der Waals surface area contributed by atoms with Crippen molar-refractivity contribution in [1.82, 2.24) is 9.55 Å². The Morgan fingerprint density at radius 2 is 1.90 bits per heavy atom. The van der Waals surface area contributed by atoms with Gasteiger partial charge in [-0.25, -0.2) is 4.98 Å². The first kappa shape index (κ1) is 13.1. The van der Waals surface area contributed by atoms with Crippen molar-refractivity contribution < 1.29 is 4.74 Å². The Morgan fingerprint density at radius 1 is 1.15 bits per heavy atom. The quantitative estimate of drug-likeness (QED) is 0.780. The lowest BCUT2D eigenvalue weighted by molar-refractivity contribution is 0.414. The van der Waals surface area contributed by atoms with Crippen LogP contribution in [0.15, 0.2) is 36.4 Å². The fourth-order valence-corrected chi connectivity index (χ4v) is 2.43. The number of anilines is 1. The molecule has 0 spiro atoms. The van der Waals surface area contributed by atoms with E-state index in [2.05, 4.69) is 4.98 Å². The second kappa shape index (κ2) is 4.89. The maximum Gasteiger partial charge on any atom is 0.205 e. The van der Waals surface area contributed by atoms with E-state index in [9.17, 15) is 0 Å². The summed E-state index contributed by atoms with van der Waals surface area (Å²) in [6.45, 7) is 0. The molecule has 2 aromatic carbocycles. The van der Waals surface area contributed by atoms with E-state index in [0.29, 0.717) is 21.5 Å². The topological polar surface area (TPSA) is 53.1 Å². The summed E-state index contributed by atoms with van der Waals surface area (Å²) in [5, 5.41) is 0.915. The van der Waals surface area contributed by atoms with E-state index in [1.54, 1.807) is 23.8 Å². The summed E-state index contributed by atoms with van der Waals surface area (Å²) in [6, 6.07) is 11.0. The number of benzene rings is 2. The third kappa shape index (κ3) is 2.07.